The van der Waals surface area contributed by atoms with Gasteiger partial charge in [-0.1, -0.05) is 29.8 Å². The van der Waals surface area contributed by atoms with Crippen molar-refractivity contribution in [1.29, 1.82) is 0 Å². The number of amides is 2. The Morgan fingerprint density at radius 3 is 2.25 bits per heavy atom. The molecule has 32 heavy (non-hydrogen) atoms. The second kappa shape index (κ2) is 8.84. The summed E-state index contributed by atoms with van der Waals surface area (Å²) < 4.78 is 27.2. The van der Waals surface area contributed by atoms with Gasteiger partial charge < -0.3 is 4.90 Å². The minimum Gasteiger partial charge on any atom is -0.335 e. The molecule has 168 valence electrons. The van der Waals surface area contributed by atoms with Gasteiger partial charge in [0.15, 0.2) is 0 Å². The molecule has 0 aromatic heterocycles. The first kappa shape index (κ1) is 22.2. The van der Waals surface area contributed by atoms with E-state index in [1.165, 1.54) is 9.31 Å². The van der Waals surface area contributed by atoms with Crippen LogP contribution in [0.25, 0.3) is 0 Å². The van der Waals surface area contributed by atoms with E-state index in [-0.39, 0.29) is 55.7 Å². The topological polar surface area (TPSA) is 90.4 Å². The van der Waals surface area contributed by atoms with E-state index in [9.17, 15) is 18.0 Å². The van der Waals surface area contributed by atoms with Crippen LogP contribution in [0, 0.1) is 13.8 Å². The van der Waals surface area contributed by atoms with Gasteiger partial charge >= 0.3 is 0 Å². The highest BCUT2D eigenvalue weighted by molar-refractivity contribution is 7.89. The first-order valence-electron chi connectivity index (χ1n) is 10.6. The van der Waals surface area contributed by atoms with Gasteiger partial charge in [-0.3, -0.25) is 9.59 Å². The van der Waals surface area contributed by atoms with E-state index < -0.39 is 10.0 Å². The summed E-state index contributed by atoms with van der Waals surface area (Å²) >= 11 is 0. The highest BCUT2D eigenvalue weighted by Crippen LogP contribution is 2.23. The normalized spacial score (nSPS) is 17.9. The number of anilines is 1. The summed E-state index contributed by atoms with van der Waals surface area (Å²) in [6, 6.07) is 14.2. The standard InChI is InChI=1S/C23H26N4O4S/c1-17-6-8-20(9-7-17)32(30,31)26-14-12-25(13-15-26)23(29)21-10-11-22(28)27(24-21)19-5-3-4-18(2)16-19/h3-9,16H,10-15H2,1-2H3. The zero-order chi connectivity index (χ0) is 22.9. The van der Waals surface area contributed by atoms with E-state index in [2.05, 4.69) is 5.10 Å². The van der Waals surface area contributed by atoms with Crippen LogP contribution in [-0.4, -0.2) is 61.3 Å². The first-order valence-corrected chi connectivity index (χ1v) is 12.0. The average molecular weight is 455 g/mol. The number of carbonyl (C=O) groups excluding carboxylic acids is 2. The molecule has 0 radical (unpaired) electrons. The highest BCUT2D eigenvalue weighted by Gasteiger charge is 2.33. The molecular formula is C23H26N4O4S. The third kappa shape index (κ3) is 4.44. The van der Waals surface area contributed by atoms with Crippen molar-refractivity contribution in [2.45, 2.75) is 31.6 Å². The first-order chi connectivity index (χ1) is 15.3. The Hall–Kier alpha value is -3.04. The summed E-state index contributed by atoms with van der Waals surface area (Å²) in [6.07, 6.45) is 0.488. The van der Waals surface area contributed by atoms with Crippen molar-refractivity contribution >= 4 is 33.2 Å². The number of hydrogen-bond donors (Lipinski definition) is 0. The largest absolute Gasteiger partial charge is 0.335 e. The molecule has 4 rings (SSSR count). The van der Waals surface area contributed by atoms with Crippen molar-refractivity contribution in [2.75, 3.05) is 31.2 Å². The maximum atomic E-state index is 13.1. The van der Waals surface area contributed by atoms with Gasteiger partial charge in [0.05, 0.1) is 10.6 Å². The maximum absolute atomic E-state index is 13.1. The van der Waals surface area contributed by atoms with E-state index in [0.29, 0.717) is 11.4 Å². The van der Waals surface area contributed by atoms with Crippen LogP contribution in [0.15, 0.2) is 58.5 Å². The minimum atomic E-state index is -3.60. The quantitative estimate of drug-likeness (QED) is 0.709. The van der Waals surface area contributed by atoms with Crippen molar-refractivity contribution in [3.8, 4) is 0 Å². The molecule has 2 aliphatic rings. The monoisotopic (exact) mass is 454 g/mol. The third-order valence-electron chi connectivity index (χ3n) is 5.71. The molecule has 8 nitrogen and oxygen atoms in total. The number of hydrogen-bond acceptors (Lipinski definition) is 5. The summed E-state index contributed by atoms with van der Waals surface area (Å²) in [7, 11) is -3.60. The average Bonchev–Trinajstić information content (AvgIpc) is 2.79. The van der Waals surface area contributed by atoms with Crippen LogP contribution in [0.5, 0.6) is 0 Å². The molecule has 0 aliphatic carbocycles. The Morgan fingerprint density at radius 1 is 0.906 bits per heavy atom. The zero-order valence-corrected chi connectivity index (χ0v) is 19.0. The van der Waals surface area contributed by atoms with E-state index in [1.54, 1.807) is 35.2 Å². The van der Waals surface area contributed by atoms with Gasteiger partial charge in [-0.15, -0.1) is 0 Å². The number of sulfonamides is 1. The lowest BCUT2D eigenvalue weighted by molar-refractivity contribution is -0.125. The predicted octanol–water partition coefficient (Wildman–Crippen LogP) is 2.32. The van der Waals surface area contributed by atoms with Gasteiger partial charge in [-0.25, -0.2) is 13.4 Å². The Labute approximate surface area is 188 Å². The molecule has 1 saturated heterocycles. The van der Waals surface area contributed by atoms with Crippen molar-refractivity contribution in [3.63, 3.8) is 0 Å². The van der Waals surface area contributed by atoms with Crippen molar-refractivity contribution in [2.24, 2.45) is 5.10 Å². The van der Waals surface area contributed by atoms with Crippen LogP contribution in [0.4, 0.5) is 5.69 Å². The summed E-state index contributed by atoms with van der Waals surface area (Å²) in [4.78, 5) is 27.3. The predicted molar refractivity (Wildman–Crippen MR) is 122 cm³/mol. The molecule has 0 N–H and O–H groups in total. The molecular weight excluding hydrogens is 428 g/mol. The van der Waals surface area contributed by atoms with Crippen molar-refractivity contribution < 1.29 is 18.0 Å². The molecule has 2 heterocycles. The number of carbonyl (C=O) groups is 2. The summed E-state index contributed by atoms with van der Waals surface area (Å²) in [5.74, 6) is -0.399. The molecule has 2 amide bonds. The molecule has 0 unspecified atom stereocenters. The number of benzene rings is 2. The number of piperazine rings is 1. The Morgan fingerprint density at radius 2 is 1.59 bits per heavy atom. The fraction of sp³-hybridized carbons (Fsp3) is 0.348. The molecule has 2 aromatic rings. The van der Waals surface area contributed by atoms with Crippen molar-refractivity contribution in [1.82, 2.24) is 9.21 Å². The molecule has 0 atom stereocenters. The molecule has 2 aromatic carbocycles. The molecule has 9 heteroatoms. The lowest BCUT2D eigenvalue weighted by Crippen LogP contribution is -2.52. The second-order valence-corrected chi connectivity index (χ2v) is 10.0. The van der Waals surface area contributed by atoms with E-state index in [0.717, 1.165) is 11.1 Å². The number of hydrazone groups is 1. The summed E-state index contributed by atoms with van der Waals surface area (Å²) in [5.41, 5.74) is 2.94. The number of rotatable bonds is 4. The van der Waals surface area contributed by atoms with Gasteiger partial charge in [0.2, 0.25) is 15.9 Å². The molecule has 0 bridgehead atoms. The lowest BCUT2D eigenvalue weighted by atomic mass is 10.1. The van der Waals surface area contributed by atoms with Gasteiger partial charge in [-0.2, -0.15) is 9.41 Å². The van der Waals surface area contributed by atoms with E-state index in [1.807, 2.05) is 32.0 Å². The van der Waals surface area contributed by atoms with Crippen molar-refractivity contribution in [3.05, 3.63) is 59.7 Å². The van der Waals surface area contributed by atoms with Gasteiger partial charge in [0, 0.05) is 39.0 Å². The van der Waals surface area contributed by atoms with Crippen LogP contribution in [0.2, 0.25) is 0 Å². The Balaban J connectivity index is 1.45. The molecule has 0 saturated carbocycles. The fourth-order valence-corrected chi connectivity index (χ4v) is 5.26. The van der Waals surface area contributed by atoms with Gasteiger partial charge in [0.1, 0.15) is 5.71 Å². The van der Waals surface area contributed by atoms with Crippen LogP contribution in [0.1, 0.15) is 24.0 Å². The summed E-state index contributed by atoms with van der Waals surface area (Å²) in [5, 5.41) is 5.64. The Bertz CT molecular complexity index is 1170. The number of aryl methyl sites for hydroxylation is 2. The Kier molecular flexibility index (Phi) is 6.12. The minimum absolute atomic E-state index is 0.152. The lowest BCUT2D eigenvalue weighted by Gasteiger charge is -2.35. The maximum Gasteiger partial charge on any atom is 0.270 e. The number of nitrogens with zero attached hydrogens (tertiary/aromatic N) is 4. The van der Waals surface area contributed by atoms with Crippen LogP contribution in [0.3, 0.4) is 0 Å². The SMILES string of the molecule is Cc1ccc(S(=O)(=O)N2CCN(C(=O)C3=NN(c4cccc(C)c4)C(=O)CC3)CC2)cc1. The fourth-order valence-electron chi connectivity index (χ4n) is 3.84. The summed E-state index contributed by atoms with van der Waals surface area (Å²) in [6.45, 7) is 4.83. The zero-order valence-electron chi connectivity index (χ0n) is 18.2. The van der Waals surface area contributed by atoms with E-state index in [4.69, 9.17) is 0 Å². The van der Waals surface area contributed by atoms with Crippen LogP contribution in [-0.2, 0) is 19.6 Å². The van der Waals surface area contributed by atoms with Gasteiger partial charge in [-0.05, 0) is 43.7 Å². The molecule has 0 spiro atoms. The smallest absolute Gasteiger partial charge is 0.270 e. The van der Waals surface area contributed by atoms with Gasteiger partial charge in [0.25, 0.3) is 5.91 Å². The highest BCUT2D eigenvalue weighted by atomic mass is 32.2. The second-order valence-electron chi connectivity index (χ2n) is 8.10. The van der Waals surface area contributed by atoms with E-state index >= 15 is 0 Å². The molecule has 1 fully saturated rings. The third-order valence-corrected chi connectivity index (χ3v) is 7.62. The molecule has 2 aliphatic heterocycles. The van der Waals surface area contributed by atoms with Crippen LogP contribution < -0.4 is 5.01 Å². The van der Waals surface area contributed by atoms with Crippen LogP contribution >= 0.6 is 0 Å².